The lowest BCUT2D eigenvalue weighted by atomic mass is 9.47. The first-order chi connectivity index (χ1) is 14.6. The first kappa shape index (κ1) is 22.5. The molecule has 1 aliphatic heterocycles. The second kappa shape index (κ2) is 7.33. The molecule has 0 aromatic rings. The average molecular weight is 429 g/mol. The molecular weight excluding hydrogens is 380 g/mol. The number of fused-ring (bicyclic) bond motifs is 5. The highest BCUT2D eigenvalue weighted by Gasteiger charge is 2.62. The lowest BCUT2D eigenvalue weighted by molar-refractivity contribution is -0.0575. The minimum Gasteiger partial charge on any atom is -0.393 e. The van der Waals surface area contributed by atoms with E-state index in [9.17, 15) is 5.11 Å². The van der Waals surface area contributed by atoms with Crippen molar-refractivity contribution in [1.82, 2.24) is 0 Å². The van der Waals surface area contributed by atoms with Crippen molar-refractivity contribution >= 4 is 0 Å². The molecule has 0 aromatic carbocycles. The SMILES string of the molecule is CC[C@@]1(CC[C@@H](C)[C@H]2CCC3C4CC=C5C[C@@H](O)CC[C@]5(C)C4CC[C@@]32C)OC1(C)C. The second-order valence-electron chi connectivity index (χ2n) is 13.4. The Kier molecular flexibility index (Phi) is 5.31. The normalized spacial score (nSPS) is 51.3. The summed E-state index contributed by atoms with van der Waals surface area (Å²) < 4.78 is 6.20. The van der Waals surface area contributed by atoms with Gasteiger partial charge >= 0.3 is 0 Å². The number of hydrogen-bond donors (Lipinski definition) is 1. The number of epoxide rings is 1. The molecular formula is C29H48O2. The summed E-state index contributed by atoms with van der Waals surface area (Å²) in [5.74, 6) is 4.35. The maximum atomic E-state index is 10.3. The van der Waals surface area contributed by atoms with Gasteiger partial charge in [-0.2, -0.15) is 0 Å². The van der Waals surface area contributed by atoms with Crippen molar-refractivity contribution in [2.24, 2.45) is 40.4 Å². The van der Waals surface area contributed by atoms with Gasteiger partial charge in [0.1, 0.15) is 0 Å². The summed E-state index contributed by atoms with van der Waals surface area (Å²) in [6.45, 7) is 14.7. The Labute approximate surface area is 191 Å². The standard InChI is InChI=1S/C29H48O2/c1-7-29(26(3,4)31-29)17-12-19(2)23-10-11-24-22-9-8-20-18-21(30)13-15-27(20,5)25(22)14-16-28(23,24)6/h8,19,21-25,30H,7,9-18H2,1-6H3/t19-,21+,22?,23-,24?,25?,27+,28-,29+/m1/s1. The van der Waals surface area contributed by atoms with E-state index in [0.29, 0.717) is 10.8 Å². The van der Waals surface area contributed by atoms with Crippen LogP contribution in [0.2, 0.25) is 0 Å². The van der Waals surface area contributed by atoms with Crippen LogP contribution >= 0.6 is 0 Å². The molecule has 2 nitrogen and oxygen atoms in total. The third-order valence-corrected chi connectivity index (χ3v) is 11.9. The van der Waals surface area contributed by atoms with Gasteiger partial charge in [-0.1, -0.05) is 39.3 Å². The van der Waals surface area contributed by atoms with Crippen LogP contribution < -0.4 is 0 Å². The van der Waals surface area contributed by atoms with E-state index in [1.54, 1.807) is 5.57 Å². The zero-order chi connectivity index (χ0) is 22.2. The van der Waals surface area contributed by atoms with Crippen LogP contribution in [0.15, 0.2) is 11.6 Å². The minimum atomic E-state index is -0.0896. The third-order valence-electron chi connectivity index (χ3n) is 11.9. The zero-order valence-corrected chi connectivity index (χ0v) is 21.2. The van der Waals surface area contributed by atoms with Gasteiger partial charge < -0.3 is 9.84 Å². The second-order valence-corrected chi connectivity index (χ2v) is 13.4. The maximum absolute atomic E-state index is 10.3. The predicted octanol–water partition coefficient (Wildman–Crippen LogP) is 7.30. The molecule has 3 saturated carbocycles. The molecule has 0 amide bonds. The van der Waals surface area contributed by atoms with Crippen LogP contribution in [-0.2, 0) is 4.74 Å². The molecule has 4 fully saturated rings. The van der Waals surface area contributed by atoms with Crippen molar-refractivity contribution in [3.63, 3.8) is 0 Å². The van der Waals surface area contributed by atoms with Crippen LogP contribution in [0.5, 0.6) is 0 Å². The van der Waals surface area contributed by atoms with Gasteiger partial charge in [0.05, 0.1) is 17.3 Å². The number of rotatable bonds is 5. The molecule has 2 heteroatoms. The molecule has 176 valence electrons. The molecule has 1 N–H and O–H groups in total. The number of ether oxygens (including phenoxy) is 1. The fourth-order valence-electron chi connectivity index (χ4n) is 9.77. The Morgan fingerprint density at radius 2 is 1.81 bits per heavy atom. The summed E-state index contributed by atoms with van der Waals surface area (Å²) in [5, 5.41) is 10.3. The number of hydrogen-bond acceptors (Lipinski definition) is 2. The Balaban J connectivity index is 1.30. The lowest BCUT2D eigenvalue weighted by Gasteiger charge is -2.58. The van der Waals surface area contributed by atoms with Gasteiger partial charge in [-0.15, -0.1) is 0 Å². The molecule has 4 aliphatic carbocycles. The Morgan fingerprint density at radius 3 is 2.48 bits per heavy atom. The lowest BCUT2D eigenvalue weighted by Crippen LogP contribution is -2.50. The van der Waals surface area contributed by atoms with Gasteiger partial charge in [-0.05, 0) is 125 Å². The number of aliphatic hydroxyl groups excluding tert-OH is 1. The van der Waals surface area contributed by atoms with Gasteiger partial charge in [0, 0.05) is 0 Å². The maximum Gasteiger partial charge on any atom is 0.0971 e. The predicted molar refractivity (Wildman–Crippen MR) is 128 cm³/mol. The highest BCUT2D eigenvalue weighted by atomic mass is 16.6. The first-order valence-electron chi connectivity index (χ1n) is 13.6. The van der Waals surface area contributed by atoms with E-state index in [1.165, 1.54) is 51.4 Å². The molecule has 31 heavy (non-hydrogen) atoms. The molecule has 0 bridgehead atoms. The summed E-state index contributed by atoms with van der Waals surface area (Å²) in [6, 6.07) is 0. The molecule has 3 unspecified atom stereocenters. The fraction of sp³-hybridized carbons (Fsp3) is 0.931. The highest BCUT2D eigenvalue weighted by Crippen LogP contribution is 2.67. The van der Waals surface area contributed by atoms with Crippen molar-refractivity contribution < 1.29 is 9.84 Å². The Morgan fingerprint density at radius 1 is 1.06 bits per heavy atom. The molecule has 0 radical (unpaired) electrons. The Bertz CT molecular complexity index is 739. The van der Waals surface area contributed by atoms with Crippen LogP contribution in [0, 0.1) is 40.4 Å². The van der Waals surface area contributed by atoms with E-state index in [0.717, 1.165) is 48.9 Å². The quantitative estimate of drug-likeness (QED) is 0.368. The van der Waals surface area contributed by atoms with Gasteiger partial charge in [-0.25, -0.2) is 0 Å². The van der Waals surface area contributed by atoms with Crippen molar-refractivity contribution in [3.05, 3.63) is 11.6 Å². The largest absolute Gasteiger partial charge is 0.393 e. The van der Waals surface area contributed by atoms with Crippen LogP contribution in [0.1, 0.15) is 112 Å². The third kappa shape index (κ3) is 3.24. The van der Waals surface area contributed by atoms with Crippen LogP contribution in [-0.4, -0.2) is 22.4 Å². The molecule has 9 atom stereocenters. The van der Waals surface area contributed by atoms with E-state index >= 15 is 0 Å². The van der Waals surface area contributed by atoms with E-state index in [1.807, 2.05) is 0 Å². The fourth-order valence-corrected chi connectivity index (χ4v) is 9.77. The summed E-state index contributed by atoms with van der Waals surface area (Å²) in [7, 11) is 0. The van der Waals surface area contributed by atoms with Gasteiger partial charge in [-0.3, -0.25) is 0 Å². The smallest absolute Gasteiger partial charge is 0.0971 e. The molecule has 1 heterocycles. The number of aliphatic hydroxyl groups is 1. The first-order valence-corrected chi connectivity index (χ1v) is 13.6. The van der Waals surface area contributed by atoms with E-state index in [4.69, 9.17) is 4.74 Å². The summed E-state index contributed by atoms with van der Waals surface area (Å²) in [4.78, 5) is 0. The molecule has 5 aliphatic rings. The van der Waals surface area contributed by atoms with Crippen molar-refractivity contribution in [2.45, 2.75) is 129 Å². The number of allylic oxidation sites excluding steroid dienone is 1. The van der Waals surface area contributed by atoms with Gasteiger partial charge in [0.2, 0.25) is 0 Å². The van der Waals surface area contributed by atoms with Crippen molar-refractivity contribution in [2.75, 3.05) is 0 Å². The molecule has 0 aromatic heterocycles. The van der Waals surface area contributed by atoms with Crippen molar-refractivity contribution in [1.29, 1.82) is 0 Å². The van der Waals surface area contributed by atoms with Crippen LogP contribution in [0.25, 0.3) is 0 Å². The monoisotopic (exact) mass is 428 g/mol. The van der Waals surface area contributed by atoms with E-state index in [2.05, 4.69) is 47.6 Å². The van der Waals surface area contributed by atoms with E-state index in [-0.39, 0.29) is 17.3 Å². The molecule has 1 saturated heterocycles. The molecule has 5 rings (SSSR count). The van der Waals surface area contributed by atoms with Gasteiger partial charge in [0.25, 0.3) is 0 Å². The zero-order valence-electron chi connectivity index (χ0n) is 21.2. The summed E-state index contributed by atoms with van der Waals surface area (Å²) in [5.41, 5.74) is 2.76. The minimum absolute atomic E-state index is 0.0896. The summed E-state index contributed by atoms with van der Waals surface area (Å²) >= 11 is 0. The Hall–Kier alpha value is -0.340. The molecule has 0 spiro atoms. The average Bonchev–Trinajstić information content (AvgIpc) is 3.09. The van der Waals surface area contributed by atoms with E-state index < -0.39 is 0 Å². The summed E-state index contributed by atoms with van der Waals surface area (Å²) in [6.07, 6.45) is 16.4. The van der Waals surface area contributed by atoms with Crippen LogP contribution in [0.3, 0.4) is 0 Å². The highest BCUT2D eigenvalue weighted by molar-refractivity contribution is 5.25. The topological polar surface area (TPSA) is 32.8 Å². The van der Waals surface area contributed by atoms with Crippen LogP contribution in [0.4, 0.5) is 0 Å². The van der Waals surface area contributed by atoms with Gasteiger partial charge in [0.15, 0.2) is 0 Å². The van der Waals surface area contributed by atoms with Crippen molar-refractivity contribution in [3.8, 4) is 0 Å².